The lowest BCUT2D eigenvalue weighted by Crippen LogP contribution is -2.27. The van der Waals surface area contributed by atoms with E-state index >= 15 is 0 Å². The molecule has 1 aromatic heterocycles. The minimum Gasteiger partial charge on any atom is -0.478 e. The first-order valence-corrected chi connectivity index (χ1v) is 11.9. The van der Waals surface area contributed by atoms with Gasteiger partial charge in [-0.05, 0) is 63.3 Å². The van der Waals surface area contributed by atoms with Gasteiger partial charge in [0.15, 0.2) is 11.9 Å². The average molecular weight is 474 g/mol. The van der Waals surface area contributed by atoms with Crippen molar-refractivity contribution >= 4 is 22.9 Å². The molecule has 1 amide bonds. The molecule has 1 atom stereocenters. The highest BCUT2D eigenvalue weighted by molar-refractivity contribution is 6.02. The number of hydrogen-bond donors (Lipinski definition) is 0. The summed E-state index contributed by atoms with van der Waals surface area (Å²) in [6.45, 7) is 7.31. The van der Waals surface area contributed by atoms with E-state index in [0.717, 1.165) is 29.9 Å². The molecule has 1 saturated heterocycles. The second kappa shape index (κ2) is 7.97. The summed E-state index contributed by atoms with van der Waals surface area (Å²) in [4.78, 5) is 32.7. The lowest BCUT2D eigenvalue weighted by molar-refractivity contribution is -0.142. The van der Waals surface area contributed by atoms with Crippen LogP contribution in [0.2, 0.25) is 0 Å². The topological polar surface area (TPSA) is 77.0 Å². The summed E-state index contributed by atoms with van der Waals surface area (Å²) in [7, 11) is 5.32. The number of aromatic nitrogens is 2. The molecule has 2 heterocycles. The molecule has 2 aliphatic rings. The number of amides is 1. The maximum Gasteiger partial charge on any atom is 0.316 e. The van der Waals surface area contributed by atoms with Crippen molar-refractivity contribution in [3.05, 3.63) is 69.7 Å². The number of epoxide rings is 1. The Hall–Kier alpha value is -3.61. The molecule has 0 N–H and O–H groups in total. The van der Waals surface area contributed by atoms with Gasteiger partial charge in [0.05, 0.1) is 22.1 Å². The average Bonchev–Trinajstić information content (AvgIpc) is 3.37. The van der Waals surface area contributed by atoms with Crippen LogP contribution < -0.4 is 4.74 Å². The monoisotopic (exact) mass is 473 g/mol. The Bertz CT molecular complexity index is 1400. The molecule has 0 radical (unpaired) electrons. The Morgan fingerprint density at radius 1 is 1.14 bits per heavy atom. The van der Waals surface area contributed by atoms with Crippen LogP contribution in [0.4, 0.5) is 0 Å². The SMILES string of the molecule is Cc1nc2c(OC(=O)C(C)(C)C)c(C3OC3=C3Cc4ccccc4C3)c(C(=O)N(C)C)cc2n1C. The van der Waals surface area contributed by atoms with Crippen LogP contribution in [-0.2, 0) is 29.4 Å². The second-order valence-electron chi connectivity index (χ2n) is 10.7. The van der Waals surface area contributed by atoms with E-state index in [-0.39, 0.29) is 11.9 Å². The standard InChI is InChI=1S/C28H31N3O4/c1-15-29-22-20(31(15)7)14-19(26(32)30(5)6)21(24(22)35-27(33)28(2,3)4)25-23(34-25)18-12-16-10-8-9-11-17(16)13-18/h8-11,14,25H,12-13H2,1-7H3. The van der Waals surface area contributed by atoms with E-state index in [9.17, 15) is 9.59 Å². The van der Waals surface area contributed by atoms with E-state index in [1.54, 1.807) is 14.1 Å². The van der Waals surface area contributed by atoms with Gasteiger partial charge in [0.25, 0.3) is 5.91 Å². The van der Waals surface area contributed by atoms with Gasteiger partial charge in [-0.25, -0.2) is 4.98 Å². The van der Waals surface area contributed by atoms with Crippen LogP contribution in [0, 0.1) is 12.3 Å². The Labute approximate surface area is 205 Å². The number of esters is 1. The molecule has 182 valence electrons. The van der Waals surface area contributed by atoms with Crippen LogP contribution in [0.1, 0.15) is 59.7 Å². The zero-order valence-electron chi connectivity index (χ0n) is 21.4. The third kappa shape index (κ3) is 3.89. The van der Waals surface area contributed by atoms with E-state index in [1.165, 1.54) is 21.6 Å². The van der Waals surface area contributed by atoms with E-state index in [1.807, 2.05) is 57.5 Å². The lowest BCUT2D eigenvalue weighted by Gasteiger charge is -2.20. The zero-order valence-corrected chi connectivity index (χ0v) is 21.4. The predicted octanol–water partition coefficient (Wildman–Crippen LogP) is 4.66. The smallest absolute Gasteiger partial charge is 0.316 e. The minimum atomic E-state index is -0.728. The maximum atomic E-state index is 13.4. The van der Waals surface area contributed by atoms with Crippen LogP contribution in [0.5, 0.6) is 5.75 Å². The van der Waals surface area contributed by atoms with Gasteiger partial charge >= 0.3 is 5.97 Å². The van der Waals surface area contributed by atoms with Crippen molar-refractivity contribution < 1.29 is 19.1 Å². The van der Waals surface area contributed by atoms with Crippen molar-refractivity contribution in [2.24, 2.45) is 12.5 Å². The highest BCUT2D eigenvalue weighted by atomic mass is 16.6. The maximum absolute atomic E-state index is 13.4. The molecule has 7 heteroatoms. The third-order valence-electron chi connectivity index (χ3n) is 6.80. The fourth-order valence-electron chi connectivity index (χ4n) is 4.60. The highest BCUT2D eigenvalue weighted by Crippen LogP contribution is 2.53. The number of benzene rings is 2. The molecule has 7 nitrogen and oxygen atoms in total. The van der Waals surface area contributed by atoms with Gasteiger partial charge in [-0.3, -0.25) is 9.59 Å². The van der Waals surface area contributed by atoms with Gasteiger partial charge in [-0.15, -0.1) is 0 Å². The molecule has 1 unspecified atom stereocenters. The molecule has 0 spiro atoms. The molecule has 1 aliphatic heterocycles. The van der Waals surface area contributed by atoms with Gasteiger partial charge in [0, 0.05) is 21.1 Å². The van der Waals surface area contributed by atoms with Gasteiger partial charge in [-0.1, -0.05) is 24.3 Å². The van der Waals surface area contributed by atoms with Crippen LogP contribution in [0.15, 0.2) is 41.7 Å². The number of nitrogens with zero attached hydrogens (tertiary/aromatic N) is 3. The molecular formula is C28H31N3O4. The number of rotatable bonds is 3. The quantitative estimate of drug-likeness (QED) is 0.314. The molecular weight excluding hydrogens is 442 g/mol. The number of imidazole rings is 1. The first kappa shape index (κ1) is 23.1. The van der Waals surface area contributed by atoms with Crippen molar-refractivity contribution in [1.82, 2.24) is 14.5 Å². The van der Waals surface area contributed by atoms with Crippen molar-refractivity contribution in [2.45, 2.75) is 46.6 Å². The molecule has 5 rings (SSSR count). The Kier molecular flexibility index (Phi) is 5.27. The lowest BCUT2D eigenvalue weighted by atomic mass is 9.96. The minimum absolute atomic E-state index is 0.177. The number of hydrogen-bond acceptors (Lipinski definition) is 5. The van der Waals surface area contributed by atoms with Crippen LogP contribution in [-0.4, -0.2) is 40.4 Å². The van der Waals surface area contributed by atoms with E-state index in [2.05, 4.69) is 12.1 Å². The molecule has 1 aliphatic carbocycles. The number of allylic oxidation sites excluding steroid dienone is 1. The number of ether oxygens (including phenoxy) is 2. The van der Waals surface area contributed by atoms with E-state index in [0.29, 0.717) is 22.4 Å². The number of fused-ring (bicyclic) bond motifs is 2. The van der Waals surface area contributed by atoms with Gasteiger partial charge in [-0.2, -0.15) is 0 Å². The number of carbonyl (C=O) groups excluding carboxylic acids is 2. The van der Waals surface area contributed by atoms with Gasteiger partial charge in [0.1, 0.15) is 17.1 Å². The van der Waals surface area contributed by atoms with E-state index in [4.69, 9.17) is 14.5 Å². The zero-order chi connectivity index (χ0) is 25.2. The summed E-state index contributed by atoms with van der Waals surface area (Å²) in [5.41, 5.74) is 5.38. The normalized spacial score (nSPS) is 16.8. The first-order chi connectivity index (χ1) is 16.5. The molecule has 2 aromatic carbocycles. The number of carbonyl (C=O) groups is 2. The summed E-state index contributed by atoms with van der Waals surface area (Å²) in [6, 6.07) is 10.2. The second-order valence-corrected chi connectivity index (χ2v) is 10.7. The first-order valence-electron chi connectivity index (χ1n) is 11.9. The molecule has 0 bridgehead atoms. The van der Waals surface area contributed by atoms with Gasteiger partial charge < -0.3 is 18.9 Å². The summed E-state index contributed by atoms with van der Waals surface area (Å²) in [5.74, 6) is 1.36. The molecule has 3 aromatic rings. The molecule has 0 saturated carbocycles. The molecule has 35 heavy (non-hydrogen) atoms. The fraction of sp³-hybridized carbons (Fsp3) is 0.393. The van der Waals surface area contributed by atoms with Crippen molar-refractivity contribution in [3.8, 4) is 5.75 Å². The van der Waals surface area contributed by atoms with Crippen LogP contribution >= 0.6 is 0 Å². The van der Waals surface area contributed by atoms with Crippen molar-refractivity contribution in [1.29, 1.82) is 0 Å². The highest BCUT2D eigenvalue weighted by Gasteiger charge is 2.45. The van der Waals surface area contributed by atoms with Crippen LogP contribution in [0.25, 0.3) is 11.0 Å². The van der Waals surface area contributed by atoms with Gasteiger partial charge in [0.2, 0.25) is 0 Å². The molecule has 1 fully saturated rings. The summed E-state index contributed by atoms with van der Waals surface area (Å²) < 4.78 is 14.1. The van der Waals surface area contributed by atoms with Crippen molar-refractivity contribution in [2.75, 3.05) is 14.1 Å². The summed E-state index contributed by atoms with van der Waals surface area (Å²) in [5, 5.41) is 0. The van der Waals surface area contributed by atoms with E-state index < -0.39 is 11.5 Å². The summed E-state index contributed by atoms with van der Waals surface area (Å²) >= 11 is 0. The third-order valence-corrected chi connectivity index (χ3v) is 6.80. The Balaban J connectivity index is 1.70. The largest absolute Gasteiger partial charge is 0.478 e. The summed E-state index contributed by atoms with van der Waals surface area (Å²) in [6.07, 6.45) is 1.19. The predicted molar refractivity (Wildman–Crippen MR) is 133 cm³/mol. The van der Waals surface area contributed by atoms with Crippen LogP contribution in [0.3, 0.4) is 0 Å². The Morgan fingerprint density at radius 3 is 2.34 bits per heavy atom. The fourth-order valence-corrected chi connectivity index (χ4v) is 4.60. The number of aryl methyl sites for hydroxylation is 2. The van der Waals surface area contributed by atoms with Crippen molar-refractivity contribution in [3.63, 3.8) is 0 Å². The Morgan fingerprint density at radius 2 is 1.77 bits per heavy atom.